The summed E-state index contributed by atoms with van der Waals surface area (Å²) in [5.41, 5.74) is 1.79. The number of nitrogens with zero attached hydrogens (tertiary/aromatic N) is 2. The van der Waals surface area contributed by atoms with Gasteiger partial charge in [-0.25, -0.2) is 9.97 Å². The first-order valence-corrected chi connectivity index (χ1v) is 8.97. The van der Waals surface area contributed by atoms with Crippen molar-refractivity contribution in [3.63, 3.8) is 0 Å². The summed E-state index contributed by atoms with van der Waals surface area (Å²) in [7, 11) is 0. The molecule has 6 nitrogen and oxygen atoms in total. The fourth-order valence-corrected chi connectivity index (χ4v) is 2.95. The average molecular weight is 360 g/mol. The van der Waals surface area contributed by atoms with E-state index in [0.29, 0.717) is 24.1 Å². The Kier molecular flexibility index (Phi) is 5.07. The molecule has 4 rings (SSSR count). The van der Waals surface area contributed by atoms with Gasteiger partial charge in [0.1, 0.15) is 17.7 Å². The first-order chi connectivity index (χ1) is 13.3. The second-order valence-corrected chi connectivity index (χ2v) is 6.31. The predicted molar refractivity (Wildman–Crippen MR) is 105 cm³/mol. The van der Waals surface area contributed by atoms with Gasteiger partial charge in [0.2, 0.25) is 0 Å². The molecule has 136 valence electrons. The van der Waals surface area contributed by atoms with Crippen molar-refractivity contribution in [3.05, 3.63) is 66.7 Å². The highest BCUT2D eigenvalue weighted by Gasteiger charge is 2.24. The standard InChI is InChI=1S/C21H20N4O2/c26-21(17-12-7-13-27-17)25-19-14-18(22-16-10-5-2-6-11-16)23-20(24-19)15-8-3-1-4-9-15/h1-6,8-11,14,17H,7,12-13H2,(H2,22,23,24,25,26). The van der Waals surface area contributed by atoms with Crippen molar-refractivity contribution < 1.29 is 9.53 Å². The van der Waals surface area contributed by atoms with Gasteiger partial charge in [-0.05, 0) is 25.0 Å². The first kappa shape index (κ1) is 17.2. The number of carbonyl (C=O) groups is 1. The number of rotatable bonds is 5. The summed E-state index contributed by atoms with van der Waals surface area (Å²) in [5, 5.41) is 6.13. The van der Waals surface area contributed by atoms with Gasteiger partial charge >= 0.3 is 0 Å². The third-order valence-electron chi connectivity index (χ3n) is 4.28. The molecule has 27 heavy (non-hydrogen) atoms. The lowest BCUT2D eigenvalue weighted by Crippen LogP contribution is -2.27. The van der Waals surface area contributed by atoms with Crippen LogP contribution in [0.25, 0.3) is 11.4 Å². The number of para-hydroxylation sites is 1. The van der Waals surface area contributed by atoms with Gasteiger partial charge in [-0.1, -0.05) is 48.5 Å². The number of amides is 1. The average Bonchev–Trinajstić information content (AvgIpc) is 3.24. The van der Waals surface area contributed by atoms with Crippen LogP contribution in [0.3, 0.4) is 0 Å². The maximum Gasteiger partial charge on any atom is 0.254 e. The van der Waals surface area contributed by atoms with E-state index in [2.05, 4.69) is 20.6 Å². The van der Waals surface area contributed by atoms with Crippen molar-refractivity contribution in [1.82, 2.24) is 9.97 Å². The Morgan fingerprint density at radius 2 is 1.67 bits per heavy atom. The van der Waals surface area contributed by atoms with Crippen molar-refractivity contribution >= 4 is 23.2 Å². The number of ether oxygens (including phenoxy) is 1. The number of anilines is 3. The van der Waals surface area contributed by atoms with Crippen LogP contribution in [0.5, 0.6) is 0 Å². The third-order valence-corrected chi connectivity index (χ3v) is 4.28. The highest BCUT2D eigenvalue weighted by Crippen LogP contribution is 2.23. The Hall–Kier alpha value is -3.25. The summed E-state index contributed by atoms with van der Waals surface area (Å²) < 4.78 is 5.46. The quantitative estimate of drug-likeness (QED) is 0.719. The molecule has 1 atom stereocenters. The number of nitrogens with one attached hydrogen (secondary N) is 2. The summed E-state index contributed by atoms with van der Waals surface area (Å²) in [5.74, 6) is 1.43. The lowest BCUT2D eigenvalue weighted by Gasteiger charge is -2.13. The van der Waals surface area contributed by atoms with Crippen LogP contribution in [0.15, 0.2) is 66.7 Å². The monoisotopic (exact) mass is 360 g/mol. The fourth-order valence-electron chi connectivity index (χ4n) is 2.95. The predicted octanol–water partition coefficient (Wildman–Crippen LogP) is 4.00. The smallest absolute Gasteiger partial charge is 0.254 e. The molecule has 0 radical (unpaired) electrons. The van der Waals surface area contributed by atoms with Crippen LogP contribution in [-0.2, 0) is 9.53 Å². The SMILES string of the molecule is O=C(Nc1cc(Nc2ccccc2)nc(-c2ccccc2)n1)C1CCCO1. The number of benzene rings is 2. The minimum Gasteiger partial charge on any atom is -0.368 e. The van der Waals surface area contributed by atoms with E-state index < -0.39 is 6.10 Å². The Balaban J connectivity index is 1.64. The Morgan fingerprint density at radius 3 is 2.37 bits per heavy atom. The highest BCUT2D eigenvalue weighted by molar-refractivity contribution is 5.94. The van der Waals surface area contributed by atoms with Crippen molar-refractivity contribution in [2.75, 3.05) is 17.2 Å². The lowest BCUT2D eigenvalue weighted by atomic mass is 10.2. The van der Waals surface area contributed by atoms with E-state index in [1.807, 2.05) is 60.7 Å². The Labute approximate surface area is 157 Å². The maximum atomic E-state index is 12.4. The van der Waals surface area contributed by atoms with E-state index >= 15 is 0 Å². The maximum absolute atomic E-state index is 12.4. The van der Waals surface area contributed by atoms with Crippen LogP contribution < -0.4 is 10.6 Å². The van der Waals surface area contributed by atoms with E-state index in [1.54, 1.807) is 6.07 Å². The van der Waals surface area contributed by atoms with Crippen LogP contribution in [0.2, 0.25) is 0 Å². The number of aromatic nitrogens is 2. The Morgan fingerprint density at radius 1 is 0.963 bits per heavy atom. The molecule has 2 heterocycles. The molecular weight excluding hydrogens is 340 g/mol. The molecule has 1 fully saturated rings. The lowest BCUT2D eigenvalue weighted by molar-refractivity contribution is -0.124. The molecule has 0 saturated carbocycles. The van der Waals surface area contributed by atoms with Gasteiger partial charge in [0.15, 0.2) is 5.82 Å². The molecule has 3 aromatic rings. The van der Waals surface area contributed by atoms with Gasteiger partial charge in [-0.2, -0.15) is 0 Å². The van der Waals surface area contributed by atoms with Gasteiger partial charge in [0.05, 0.1) is 0 Å². The van der Waals surface area contributed by atoms with Gasteiger partial charge in [-0.15, -0.1) is 0 Å². The molecule has 0 aliphatic carbocycles. The molecule has 2 N–H and O–H groups in total. The molecule has 6 heteroatoms. The molecule has 1 amide bonds. The molecule has 2 aromatic carbocycles. The second-order valence-electron chi connectivity index (χ2n) is 6.31. The van der Waals surface area contributed by atoms with Gasteiger partial charge in [0.25, 0.3) is 5.91 Å². The van der Waals surface area contributed by atoms with E-state index in [1.165, 1.54) is 0 Å². The minimum absolute atomic E-state index is 0.170. The van der Waals surface area contributed by atoms with E-state index in [4.69, 9.17) is 4.74 Å². The minimum atomic E-state index is -0.411. The number of carbonyl (C=O) groups excluding carboxylic acids is 1. The van der Waals surface area contributed by atoms with Crippen LogP contribution in [-0.4, -0.2) is 28.6 Å². The van der Waals surface area contributed by atoms with E-state index in [9.17, 15) is 4.79 Å². The number of hydrogen-bond acceptors (Lipinski definition) is 5. The van der Waals surface area contributed by atoms with Gasteiger partial charge in [0, 0.05) is 23.9 Å². The zero-order valence-electron chi connectivity index (χ0n) is 14.8. The summed E-state index contributed by atoms with van der Waals surface area (Å²) in [6.07, 6.45) is 1.22. The third kappa shape index (κ3) is 4.30. The van der Waals surface area contributed by atoms with Crippen molar-refractivity contribution in [1.29, 1.82) is 0 Å². The normalized spacial score (nSPS) is 16.1. The van der Waals surface area contributed by atoms with Crippen LogP contribution in [0.4, 0.5) is 17.3 Å². The molecule has 1 unspecified atom stereocenters. The number of hydrogen-bond donors (Lipinski definition) is 2. The van der Waals surface area contributed by atoms with Crippen LogP contribution >= 0.6 is 0 Å². The largest absolute Gasteiger partial charge is 0.368 e. The zero-order valence-corrected chi connectivity index (χ0v) is 14.8. The first-order valence-electron chi connectivity index (χ1n) is 8.97. The zero-order chi connectivity index (χ0) is 18.5. The van der Waals surface area contributed by atoms with E-state index in [0.717, 1.165) is 24.1 Å². The van der Waals surface area contributed by atoms with Crippen LogP contribution in [0.1, 0.15) is 12.8 Å². The second kappa shape index (κ2) is 7.97. The molecule has 1 saturated heterocycles. The molecule has 1 aromatic heterocycles. The van der Waals surface area contributed by atoms with Crippen LogP contribution in [0, 0.1) is 0 Å². The summed E-state index contributed by atoms with van der Waals surface area (Å²) in [6, 6.07) is 21.2. The van der Waals surface area contributed by atoms with E-state index in [-0.39, 0.29) is 5.91 Å². The summed E-state index contributed by atoms with van der Waals surface area (Å²) in [4.78, 5) is 21.5. The van der Waals surface area contributed by atoms with Crippen molar-refractivity contribution in [2.24, 2.45) is 0 Å². The van der Waals surface area contributed by atoms with Gasteiger partial charge in [-0.3, -0.25) is 4.79 Å². The molecular formula is C21H20N4O2. The topological polar surface area (TPSA) is 76.1 Å². The highest BCUT2D eigenvalue weighted by atomic mass is 16.5. The molecule has 1 aliphatic heterocycles. The summed E-state index contributed by atoms with van der Waals surface area (Å²) >= 11 is 0. The molecule has 0 bridgehead atoms. The Bertz CT molecular complexity index is 910. The fraction of sp³-hybridized carbons (Fsp3) is 0.190. The van der Waals surface area contributed by atoms with Crippen molar-refractivity contribution in [2.45, 2.75) is 18.9 Å². The molecule has 0 spiro atoms. The molecule has 1 aliphatic rings. The summed E-state index contributed by atoms with van der Waals surface area (Å²) in [6.45, 7) is 0.623. The van der Waals surface area contributed by atoms with Crippen molar-refractivity contribution in [3.8, 4) is 11.4 Å². The van der Waals surface area contributed by atoms with Gasteiger partial charge < -0.3 is 15.4 Å².